The van der Waals surface area contributed by atoms with Crippen LogP contribution in [0.1, 0.15) is 40.0 Å². The van der Waals surface area contributed by atoms with Crippen molar-refractivity contribution in [3.8, 4) is 0 Å². The third-order valence-electron chi connectivity index (χ3n) is 5.28. The lowest BCUT2D eigenvalue weighted by atomic mass is 9.78. The van der Waals surface area contributed by atoms with Gasteiger partial charge in [-0.1, -0.05) is 20.8 Å². The van der Waals surface area contributed by atoms with Crippen molar-refractivity contribution in [3.05, 3.63) is 0 Å². The fourth-order valence-corrected chi connectivity index (χ4v) is 3.69. The molecule has 0 aromatic rings. The molecule has 2 N–H and O–H groups in total. The van der Waals surface area contributed by atoms with Crippen LogP contribution in [-0.2, 0) is 14.3 Å². The Labute approximate surface area is 164 Å². The Hall–Kier alpha value is -1.34. The fraction of sp³-hybridized carbons (Fsp3) is 0.900. The normalized spacial score (nSPS) is 26.7. The number of rotatable bonds is 6. The van der Waals surface area contributed by atoms with Crippen molar-refractivity contribution in [2.24, 2.45) is 22.2 Å². The molecule has 156 valence electrons. The molecular weight excluding hydrogens is 344 g/mol. The second kappa shape index (κ2) is 10.3. The number of carbonyl (C=O) groups excluding carboxylic acids is 1. The Bertz CT molecular complexity index is 496. The maximum atomic E-state index is 11.9. The maximum Gasteiger partial charge on any atom is 0.243 e. The minimum Gasteiger partial charge on any atom is -0.381 e. The van der Waals surface area contributed by atoms with Gasteiger partial charge in [-0.25, -0.2) is 4.99 Å². The first-order valence-electron chi connectivity index (χ1n) is 10.2. The van der Waals surface area contributed by atoms with E-state index in [0.29, 0.717) is 17.8 Å². The molecule has 2 aliphatic rings. The van der Waals surface area contributed by atoms with Gasteiger partial charge in [-0.15, -0.1) is 0 Å². The van der Waals surface area contributed by atoms with E-state index in [9.17, 15) is 4.79 Å². The molecule has 0 aliphatic carbocycles. The first-order valence-corrected chi connectivity index (χ1v) is 10.2. The van der Waals surface area contributed by atoms with Crippen LogP contribution in [0.15, 0.2) is 4.99 Å². The van der Waals surface area contributed by atoms with E-state index in [1.54, 1.807) is 19.0 Å². The Morgan fingerprint density at radius 1 is 1.15 bits per heavy atom. The maximum absolute atomic E-state index is 11.9. The monoisotopic (exact) mass is 382 g/mol. The van der Waals surface area contributed by atoms with E-state index in [0.717, 1.165) is 52.2 Å². The molecule has 7 nitrogen and oxygen atoms in total. The van der Waals surface area contributed by atoms with Gasteiger partial charge in [0, 0.05) is 52.2 Å². The van der Waals surface area contributed by atoms with Crippen LogP contribution in [0.5, 0.6) is 0 Å². The molecule has 0 aromatic heterocycles. The number of hydrogen-bond donors (Lipinski definition) is 2. The van der Waals surface area contributed by atoms with Gasteiger partial charge in [0.15, 0.2) is 5.96 Å². The molecule has 0 saturated carbocycles. The highest BCUT2D eigenvalue weighted by Gasteiger charge is 2.35. The van der Waals surface area contributed by atoms with Gasteiger partial charge in [0.25, 0.3) is 0 Å². The van der Waals surface area contributed by atoms with Crippen LogP contribution in [0, 0.1) is 17.3 Å². The lowest BCUT2D eigenvalue weighted by Crippen LogP contribution is -2.48. The standard InChI is InChI=1S/C20H38N4O3/c1-20(2,3)18-16(7-6-9-27-18)12-22-19(23-13-17(25)24(4)5)21-11-15-8-10-26-14-15/h15-16,18H,6-14H2,1-5H3,(H2,21,22,23). The smallest absolute Gasteiger partial charge is 0.243 e. The van der Waals surface area contributed by atoms with Crippen molar-refractivity contribution in [1.29, 1.82) is 0 Å². The summed E-state index contributed by atoms with van der Waals surface area (Å²) in [5, 5.41) is 6.85. The third-order valence-corrected chi connectivity index (χ3v) is 5.28. The molecule has 2 saturated heterocycles. The SMILES string of the molecule is CN(C)C(=O)CN=C(NCC1CCOC1)NCC1CCCOC1C(C)(C)C. The van der Waals surface area contributed by atoms with Crippen molar-refractivity contribution in [2.75, 3.05) is 53.6 Å². The molecule has 3 atom stereocenters. The minimum atomic E-state index is -0.00568. The van der Waals surface area contributed by atoms with Crippen LogP contribution in [-0.4, -0.2) is 76.4 Å². The summed E-state index contributed by atoms with van der Waals surface area (Å²) in [7, 11) is 3.50. The van der Waals surface area contributed by atoms with E-state index < -0.39 is 0 Å². The molecule has 3 unspecified atom stereocenters. The van der Waals surface area contributed by atoms with Crippen LogP contribution in [0.25, 0.3) is 0 Å². The molecule has 0 aromatic carbocycles. The van der Waals surface area contributed by atoms with Crippen molar-refractivity contribution >= 4 is 11.9 Å². The second-order valence-electron chi connectivity index (χ2n) is 9.00. The highest BCUT2D eigenvalue weighted by Crippen LogP contribution is 2.33. The zero-order chi connectivity index (χ0) is 19.9. The van der Waals surface area contributed by atoms with Gasteiger partial charge in [-0.3, -0.25) is 4.79 Å². The zero-order valence-corrected chi connectivity index (χ0v) is 17.7. The molecule has 2 rings (SSSR count). The zero-order valence-electron chi connectivity index (χ0n) is 17.7. The molecule has 0 bridgehead atoms. The highest BCUT2D eigenvalue weighted by molar-refractivity contribution is 5.84. The number of nitrogens with one attached hydrogen (secondary N) is 2. The number of guanidine groups is 1. The Morgan fingerprint density at radius 3 is 2.52 bits per heavy atom. The van der Waals surface area contributed by atoms with E-state index >= 15 is 0 Å². The number of nitrogens with zero attached hydrogens (tertiary/aromatic N) is 2. The fourth-order valence-electron chi connectivity index (χ4n) is 3.69. The number of hydrogen-bond acceptors (Lipinski definition) is 4. The molecule has 1 amide bonds. The number of amides is 1. The average Bonchev–Trinajstić information content (AvgIpc) is 3.13. The van der Waals surface area contributed by atoms with Crippen LogP contribution in [0.2, 0.25) is 0 Å². The Morgan fingerprint density at radius 2 is 1.89 bits per heavy atom. The Kier molecular flexibility index (Phi) is 8.35. The average molecular weight is 383 g/mol. The summed E-state index contributed by atoms with van der Waals surface area (Å²) in [6.45, 7) is 10.9. The first-order chi connectivity index (χ1) is 12.8. The number of aliphatic imine (C=N–C) groups is 1. The summed E-state index contributed by atoms with van der Waals surface area (Å²) in [5.74, 6) is 1.64. The summed E-state index contributed by atoms with van der Waals surface area (Å²) in [6, 6.07) is 0. The first kappa shape index (κ1) is 22.0. The predicted octanol–water partition coefficient (Wildman–Crippen LogP) is 1.49. The summed E-state index contributed by atoms with van der Waals surface area (Å²) in [5.41, 5.74) is 0.111. The van der Waals surface area contributed by atoms with E-state index in [1.807, 2.05) is 0 Å². The van der Waals surface area contributed by atoms with Crippen molar-refractivity contribution in [3.63, 3.8) is 0 Å². The van der Waals surface area contributed by atoms with E-state index in [4.69, 9.17) is 9.47 Å². The van der Waals surface area contributed by atoms with Crippen LogP contribution in [0.3, 0.4) is 0 Å². The van der Waals surface area contributed by atoms with Crippen LogP contribution >= 0.6 is 0 Å². The van der Waals surface area contributed by atoms with Crippen LogP contribution < -0.4 is 10.6 Å². The molecule has 0 radical (unpaired) electrons. The number of ether oxygens (including phenoxy) is 2. The van der Waals surface area contributed by atoms with Gasteiger partial charge < -0.3 is 25.0 Å². The molecule has 2 heterocycles. The van der Waals surface area contributed by atoms with Gasteiger partial charge in [0.05, 0.1) is 12.7 Å². The largest absolute Gasteiger partial charge is 0.381 e. The van der Waals surface area contributed by atoms with Gasteiger partial charge in [-0.2, -0.15) is 0 Å². The summed E-state index contributed by atoms with van der Waals surface area (Å²) in [6.07, 6.45) is 3.54. The third kappa shape index (κ3) is 7.30. The summed E-state index contributed by atoms with van der Waals surface area (Å²) < 4.78 is 11.5. The number of carbonyl (C=O) groups is 1. The molecule has 27 heavy (non-hydrogen) atoms. The van der Waals surface area contributed by atoms with E-state index in [2.05, 4.69) is 36.4 Å². The molecule has 7 heteroatoms. The molecule has 2 fully saturated rings. The van der Waals surface area contributed by atoms with Gasteiger partial charge >= 0.3 is 0 Å². The molecule has 0 spiro atoms. The van der Waals surface area contributed by atoms with E-state index in [-0.39, 0.29) is 24.0 Å². The minimum absolute atomic E-state index is 0.00568. The van der Waals surface area contributed by atoms with Crippen molar-refractivity contribution in [2.45, 2.75) is 46.1 Å². The second-order valence-corrected chi connectivity index (χ2v) is 9.00. The lowest BCUT2D eigenvalue weighted by Gasteiger charge is -2.40. The lowest BCUT2D eigenvalue weighted by molar-refractivity contribution is -0.127. The van der Waals surface area contributed by atoms with Gasteiger partial charge in [0.1, 0.15) is 6.54 Å². The van der Waals surface area contributed by atoms with Gasteiger partial charge in [-0.05, 0) is 24.7 Å². The highest BCUT2D eigenvalue weighted by atomic mass is 16.5. The topological polar surface area (TPSA) is 75.2 Å². The molecular formula is C20H38N4O3. The summed E-state index contributed by atoms with van der Waals surface area (Å²) >= 11 is 0. The van der Waals surface area contributed by atoms with Crippen molar-refractivity contribution < 1.29 is 14.3 Å². The summed E-state index contributed by atoms with van der Waals surface area (Å²) in [4.78, 5) is 18.0. The van der Waals surface area contributed by atoms with Crippen molar-refractivity contribution in [1.82, 2.24) is 15.5 Å². The number of likely N-dealkylation sites (N-methyl/N-ethyl adjacent to an activating group) is 1. The Balaban J connectivity index is 1.94. The van der Waals surface area contributed by atoms with Crippen LogP contribution in [0.4, 0.5) is 0 Å². The quantitative estimate of drug-likeness (QED) is 0.538. The van der Waals surface area contributed by atoms with Gasteiger partial charge in [0.2, 0.25) is 5.91 Å². The van der Waals surface area contributed by atoms with E-state index in [1.165, 1.54) is 0 Å². The predicted molar refractivity (Wildman–Crippen MR) is 108 cm³/mol. The molecule has 2 aliphatic heterocycles.